The zero-order valence-corrected chi connectivity index (χ0v) is 14.4. The summed E-state index contributed by atoms with van der Waals surface area (Å²) < 4.78 is 13.0. The number of imidazole rings is 1. The van der Waals surface area contributed by atoms with Gasteiger partial charge in [-0.3, -0.25) is 4.79 Å². The Morgan fingerprint density at radius 1 is 1.54 bits per heavy atom. The molecule has 1 N–H and O–H groups in total. The summed E-state index contributed by atoms with van der Waals surface area (Å²) in [6, 6.07) is 1.78. The van der Waals surface area contributed by atoms with Crippen LogP contribution in [-0.2, 0) is 11.8 Å². The SMILES string of the molecule is CC[C@H](C)c1cc(C(=O)N[C@@H]2CCO[C@@H](c3cncn3C)C2)on1. The topological polar surface area (TPSA) is 82.2 Å². The largest absolute Gasteiger partial charge is 0.372 e. The number of aryl methyl sites for hydroxylation is 1. The summed E-state index contributed by atoms with van der Waals surface area (Å²) in [4.78, 5) is 16.5. The minimum Gasteiger partial charge on any atom is -0.372 e. The number of aromatic nitrogens is 3. The van der Waals surface area contributed by atoms with Gasteiger partial charge in [0.2, 0.25) is 5.76 Å². The number of ether oxygens (including phenoxy) is 1. The highest BCUT2D eigenvalue weighted by atomic mass is 16.5. The van der Waals surface area contributed by atoms with Crippen molar-refractivity contribution in [3.63, 3.8) is 0 Å². The molecular formula is C17H24N4O3. The Kier molecular flexibility index (Phi) is 4.99. The first-order valence-corrected chi connectivity index (χ1v) is 8.43. The lowest BCUT2D eigenvalue weighted by Gasteiger charge is -2.29. The Bertz CT molecular complexity index is 694. The Balaban J connectivity index is 1.62. The van der Waals surface area contributed by atoms with Crippen molar-refractivity contribution in [3.05, 3.63) is 35.7 Å². The van der Waals surface area contributed by atoms with Crippen molar-refractivity contribution in [2.75, 3.05) is 6.61 Å². The fourth-order valence-electron chi connectivity index (χ4n) is 2.91. The normalized spacial score (nSPS) is 22.3. The second-order valence-corrected chi connectivity index (χ2v) is 6.41. The summed E-state index contributed by atoms with van der Waals surface area (Å²) in [5, 5.41) is 7.03. The maximum absolute atomic E-state index is 12.4. The number of nitrogens with one attached hydrogen (secondary N) is 1. The van der Waals surface area contributed by atoms with Gasteiger partial charge in [-0.1, -0.05) is 19.0 Å². The Morgan fingerprint density at radius 2 is 2.38 bits per heavy atom. The van der Waals surface area contributed by atoms with Crippen LogP contribution in [0.15, 0.2) is 23.1 Å². The first-order valence-electron chi connectivity index (χ1n) is 8.43. The number of hydrogen-bond acceptors (Lipinski definition) is 5. The van der Waals surface area contributed by atoms with Gasteiger partial charge in [0.05, 0.1) is 23.9 Å². The van der Waals surface area contributed by atoms with Crippen LogP contribution in [0.1, 0.15) is 67.1 Å². The van der Waals surface area contributed by atoms with Gasteiger partial charge in [-0.05, 0) is 19.3 Å². The molecule has 0 spiro atoms. The highest BCUT2D eigenvalue weighted by molar-refractivity contribution is 5.91. The Hall–Kier alpha value is -2.15. The molecule has 24 heavy (non-hydrogen) atoms. The predicted molar refractivity (Wildman–Crippen MR) is 87.6 cm³/mol. The number of nitrogens with zero attached hydrogens (tertiary/aromatic N) is 3. The van der Waals surface area contributed by atoms with Crippen LogP contribution in [-0.4, -0.2) is 33.3 Å². The molecule has 1 saturated heterocycles. The van der Waals surface area contributed by atoms with Crippen LogP contribution in [0.25, 0.3) is 0 Å². The molecule has 0 aromatic carbocycles. The van der Waals surface area contributed by atoms with Crippen LogP contribution in [0.2, 0.25) is 0 Å². The molecule has 0 saturated carbocycles. The fraction of sp³-hybridized carbons (Fsp3) is 0.588. The standard InChI is InChI=1S/C17H24N4O3/c1-4-11(2)13-8-16(24-20-13)17(22)19-12-5-6-23-15(7-12)14-9-18-10-21(14)3/h8-12,15H,4-7H2,1-3H3,(H,19,22)/t11-,12+,15+/m0/s1. The minimum atomic E-state index is -0.215. The average Bonchev–Trinajstić information content (AvgIpc) is 3.23. The smallest absolute Gasteiger partial charge is 0.290 e. The molecule has 1 aliphatic rings. The molecule has 7 heteroatoms. The van der Waals surface area contributed by atoms with Crippen LogP contribution in [0.3, 0.4) is 0 Å². The number of amides is 1. The zero-order valence-electron chi connectivity index (χ0n) is 14.4. The van der Waals surface area contributed by atoms with E-state index in [-0.39, 0.29) is 29.7 Å². The van der Waals surface area contributed by atoms with Crippen molar-refractivity contribution in [1.29, 1.82) is 0 Å². The quantitative estimate of drug-likeness (QED) is 0.910. The van der Waals surface area contributed by atoms with E-state index < -0.39 is 0 Å². The highest BCUT2D eigenvalue weighted by Gasteiger charge is 2.28. The van der Waals surface area contributed by atoms with Crippen LogP contribution >= 0.6 is 0 Å². The van der Waals surface area contributed by atoms with E-state index in [1.165, 1.54) is 0 Å². The van der Waals surface area contributed by atoms with E-state index in [1.807, 2.05) is 17.8 Å². The number of carbonyl (C=O) groups excluding carboxylic acids is 1. The third-order valence-electron chi connectivity index (χ3n) is 4.67. The molecule has 0 bridgehead atoms. The van der Waals surface area contributed by atoms with Gasteiger partial charge >= 0.3 is 0 Å². The van der Waals surface area contributed by atoms with Gasteiger partial charge in [-0.15, -0.1) is 0 Å². The Morgan fingerprint density at radius 3 is 3.08 bits per heavy atom. The van der Waals surface area contributed by atoms with E-state index in [0.29, 0.717) is 6.61 Å². The van der Waals surface area contributed by atoms with Crippen molar-refractivity contribution >= 4 is 5.91 Å². The maximum Gasteiger partial charge on any atom is 0.290 e. The number of rotatable bonds is 5. The Labute approximate surface area is 141 Å². The lowest BCUT2D eigenvalue weighted by atomic mass is 10.0. The second kappa shape index (κ2) is 7.17. The first kappa shape index (κ1) is 16.7. The second-order valence-electron chi connectivity index (χ2n) is 6.41. The van der Waals surface area contributed by atoms with Crippen molar-refractivity contribution in [3.8, 4) is 0 Å². The summed E-state index contributed by atoms with van der Waals surface area (Å²) in [7, 11) is 1.94. The third-order valence-corrected chi connectivity index (χ3v) is 4.67. The molecule has 1 fully saturated rings. The summed E-state index contributed by atoms with van der Waals surface area (Å²) in [6.45, 7) is 4.76. The molecule has 0 aliphatic carbocycles. The highest BCUT2D eigenvalue weighted by Crippen LogP contribution is 2.28. The van der Waals surface area contributed by atoms with Gasteiger partial charge in [0, 0.05) is 31.7 Å². The summed E-state index contributed by atoms with van der Waals surface area (Å²) in [5.41, 5.74) is 1.84. The monoisotopic (exact) mass is 332 g/mol. The van der Waals surface area contributed by atoms with Crippen molar-refractivity contribution in [1.82, 2.24) is 20.0 Å². The van der Waals surface area contributed by atoms with E-state index in [1.54, 1.807) is 12.4 Å². The van der Waals surface area contributed by atoms with E-state index in [2.05, 4.69) is 29.3 Å². The van der Waals surface area contributed by atoms with Crippen LogP contribution in [0.5, 0.6) is 0 Å². The molecular weight excluding hydrogens is 308 g/mol. The number of carbonyl (C=O) groups is 1. The molecule has 1 aliphatic heterocycles. The minimum absolute atomic E-state index is 0.0447. The van der Waals surface area contributed by atoms with E-state index in [0.717, 1.165) is 30.7 Å². The van der Waals surface area contributed by atoms with Crippen LogP contribution in [0.4, 0.5) is 0 Å². The first-order chi connectivity index (χ1) is 11.6. The van der Waals surface area contributed by atoms with Crippen molar-refractivity contribution < 1.29 is 14.1 Å². The lowest BCUT2D eigenvalue weighted by Crippen LogP contribution is -2.40. The molecule has 3 heterocycles. The molecule has 0 radical (unpaired) electrons. The summed E-state index contributed by atoms with van der Waals surface area (Å²) in [6.07, 6.45) is 5.97. The molecule has 0 unspecified atom stereocenters. The fourth-order valence-corrected chi connectivity index (χ4v) is 2.91. The van der Waals surface area contributed by atoms with Crippen molar-refractivity contribution in [2.45, 2.75) is 51.2 Å². The maximum atomic E-state index is 12.4. The van der Waals surface area contributed by atoms with Gasteiger partial charge in [0.1, 0.15) is 6.10 Å². The van der Waals surface area contributed by atoms with Gasteiger partial charge < -0.3 is 19.1 Å². The molecule has 3 atom stereocenters. The van der Waals surface area contributed by atoms with Gasteiger partial charge in [0.15, 0.2) is 0 Å². The van der Waals surface area contributed by atoms with Crippen LogP contribution in [0, 0.1) is 0 Å². The van der Waals surface area contributed by atoms with E-state index in [9.17, 15) is 4.79 Å². The van der Waals surface area contributed by atoms with Gasteiger partial charge in [-0.2, -0.15) is 0 Å². The molecule has 3 rings (SSSR count). The van der Waals surface area contributed by atoms with E-state index in [4.69, 9.17) is 9.26 Å². The zero-order chi connectivity index (χ0) is 17.1. The predicted octanol–water partition coefficient (Wildman–Crippen LogP) is 2.57. The number of hydrogen-bond donors (Lipinski definition) is 1. The molecule has 1 amide bonds. The van der Waals surface area contributed by atoms with Gasteiger partial charge in [-0.25, -0.2) is 4.98 Å². The van der Waals surface area contributed by atoms with Crippen molar-refractivity contribution in [2.24, 2.45) is 7.05 Å². The molecule has 2 aromatic rings. The summed E-state index contributed by atoms with van der Waals surface area (Å²) in [5.74, 6) is 0.342. The molecule has 130 valence electrons. The molecule has 2 aromatic heterocycles. The van der Waals surface area contributed by atoms with Gasteiger partial charge in [0.25, 0.3) is 5.91 Å². The summed E-state index contributed by atoms with van der Waals surface area (Å²) >= 11 is 0. The molecule has 7 nitrogen and oxygen atoms in total. The lowest BCUT2D eigenvalue weighted by molar-refractivity contribution is -0.00323. The average molecular weight is 332 g/mol. The van der Waals surface area contributed by atoms with E-state index >= 15 is 0 Å². The third kappa shape index (κ3) is 3.51. The van der Waals surface area contributed by atoms with Crippen LogP contribution < -0.4 is 5.32 Å².